The summed E-state index contributed by atoms with van der Waals surface area (Å²) in [5, 5.41) is 3.49. The maximum atomic E-state index is 5.70. The van der Waals surface area contributed by atoms with Crippen LogP contribution >= 0.6 is 0 Å². The molecule has 1 aliphatic rings. The molecule has 1 aromatic rings. The van der Waals surface area contributed by atoms with Gasteiger partial charge in [-0.3, -0.25) is 0 Å². The number of aryl methyl sites for hydroxylation is 1. The molecule has 0 fully saturated rings. The van der Waals surface area contributed by atoms with Crippen LogP contribution in [-0.4, -0.2) is 19.7 Å². The molecule has 1 aliphatic heterocycles. The summed E-state index contributed by atoms with van der Waals surface area (Å²) in [4.78, 5) is 0. The highest BCUT2D eigenvalue weighted by Crippen LogP contribution is 2.25. The van der Waals surface area contributed by atoms with Crippen molar-refractivity contribution in [2.75, 3.05) is 19.7 Å². The van der Waals surface area contributed by atoms with Crippen LogP contribution in [-0.2, 0) is 13.0 Å². The lowest BCUT2D eigenvalue weighted by molar-refractivity contribution is 0.288. The van der Waals surface area contributed by atoms with Gasteiger partial charge in [-0.2, -0.15) is 0 Å². The summed E-state index contributed by atoms with van der Waals surface area (Å²) in [7, 11) is 0. The lowest BCUT2D eigenvalue weighted by Gasteiger charge is -2.18. The molecule has 0 aliphatic carbocycles. The van der Waals surface area contributed by atoms with Crippen molar-refractivity contribution in [2.45, 2.75) is 32.7 Å². The molecule has 18 heavy (non-hydrogen) atoms. The third-order valence-electron chi connectivity index (χ3n) is 3.65. The highest BCUT2D eigenvalue weighted by molar-refractivity contribution is 5.38. The Morgan fingerprint density at radius 1 is 1.44 bits per heavy atom. The van der Waals surface area contributed by atoms with E-state index >= 15 is 0 Å². The quantitative estimate of drug-likeness (QED) is 0.810. The first-order valence-electron chi connectivity index (χ1n) is 6.99. The van der Waals surface area contributed by atoms with E-state index in [2.05, 4.69) is 30.4 Å². The fourth-order valence-electron chi connectivity index (χ4n) is 2.34. The van der Waals surface area contributed by atoms with Crippen molar-refractivity contribution in [3.05, 3.63) is 29.3 Å². The Labute approximate surface area is 110 Å². The minimum atomic E-state index is 0.589. The number of nitrogens with one attached hydrogen (secondary N) is 1. The molecule has 3 nitrogen and oxygen atoms in total. The lowest BCUT2D eigenvalue weighted by atomic mass is 10.0. The van der Waals surface area contributed by atoms with Gasteiger partial charge in [0.1, 0.15) is 5.75 Å². The molecule has 2 rings (SSSR count). The third kappa shape index (κ3) is 3.47. The van der Waals surface area contributed by atoms with Crippen LogP contribution in [0.2, 0.25) is 0 Å². The van der Waals surface area contributed by atoms with Gasteiger partial charge in [-0.25, -0.2) is 0 Å². The smallest absolute Gasteiger partial charge is 0.122 e. The number of ether oxygens (including phenoxy) is 1. The number of fused-ring (bicyclic) bond motifs is 1. The Balaban J connectivity index is 1.86. The molecule has 1 atom stereocenters. The van der Waals surface area contributed by atoms with E-state index in [-0.39, 0.29) is 0 Å². The van der Waals surface area contributed by atoms with Crippen molar-refractivity contribution in [2.24, 2.45) is 11.7 Å². The third-order valence-corrected chi connectivity index (χ3v) is 3.65. The van der Waals surface area contributed by atoms with E-state index in [1.54, 1.807) is 0 Å². The molecular weight excluding hydrogens is 224 g/mol. The zero-order chi connectivity index (χ0) is 12.8. The Morgan fingerprint density at radius 3 is 3.11 bits per heavy atom. The average Bonchev–Trinajstić information content (AvgIpc) is 2.43. The van der Waals surface area contributed by atoms with E-state index < -0.39 is 0 Å². The van der Waals surface area contributed by atoms with Crippen LogP contribution in [0, 0.1) is 5.92 Å². The summed E-state index contributed by atoms with van der Waals surface area (Å²) in [6.07, 6.45) is 3.42. The zero-order valence-corrected chi connectivity index (χ0v) is 11.2. The SMILES string of the molecule is CCC(CN)CNCc1ccc2c(c1)CCCO2. The van der Waals surface area contributed by atoms with Gasteiger partial charge in [-0.15, -0.1) is 0 Å². The first kappa shape index (κ1) is 13.4. The van der Waals surface area contributed by atoms with Crippen molar-refractivity contribution in [3.8, 4) is 5.75 Å². The number of rotatable bonds is 6. The summed E-state index contributed by atoms with van der Waals surface area (Å²) >= 11 is 0. The average molecular weight is 248 g/mol. The molecule has 0 amide bonds. The van der Waals surface area contributed by atoms with Crippen LogP contribution in [0.5, 0.6) is 5.75 Å². The molecule has 0 radical (unpaired) electrons. The van der Waals surface area contributed by atoms with E-state index in [4.69, 9.17) is 10.5 Å². The summed E-state index contributed by atoms with van der Waals surface area (Å²) in [6.45, 7) is 5.74. The number of nitrogens with two attached hydrogens (primary N) is 1. The van der Waals surface area contributed by atoms with Crippen molar-refractivity contribution in [1.82, 2.24) is 5.32 Å². The van der Waals surface area contributed by atoms with E-state index in [1.165, 1.54) is 11.1 Å². The molecule has 0 spiro atoms. The first-order valence-corrected chi connectivity index (χ1v) is 6.99. The zero-order valence-electron chi connectivity index (χ0n) is 11.2. The molecule has 1 heterocycles. The molecule has 3 N–H and O–H groups in total. The second-order valence-electron chi connectivity index (χ2n) is 5.03. The Morgan fingerprint density at radius 2 is 2.33 bits per heavy atom. The largest absolute Gasteiger partial charge is 0.493 e. The lowest BCUT2D eigenvalue weighted by Crippen LogP contribution is -2.27. The van der Waals surface area contributed by atoms with Crippen LogP contribution in [0.25, 0.3) is 0 Å². The molecule has 0 saturated carbocycles. The van der Waals surface area contributed by atoms with Crippen LogP contribution < -0.4 is 15.8 Å². The highest BCUT2D eigenvalue weighted by Gasteiger charge is 2.10. The summed E-state index contributed by atoms with van der Waals surface area (Å²) in [6, 6.07) is 6.52. The van der Waals surface area contributed by atoms with Crippen LogP contribution in [0.15, 0.2) is 18.2 Å². The van der Waals surface area contributed by atoms with Gasteiger partial charge in [0.2, 0.25) is 0 Å². The summed E-state index contributed by atoms with van der Waals surface area (Å²) in [5.74, 6) is 1.66. The molecular formula is C15H24N2O. The number of hydrogen-bond acceptors (Lipinski definition) is 3. The van der Waals surface area contributed by atoms with Crippen molar-refractivity contribution >= 4 is 0 Å². The van der Waals surface area contributed by atoms with Gasteiger partial charge in [0.15, 0.2) is 0 Å². The van der Waals surface area contributed by atoms with Gasteiger partial charge in [-0.1, -0.05) is 25.5 Å². The Hall–Kier alpha value is -1.06. The summed E-state index contributed by atoms with van der Waals surface area (Å²) in [5.41, 5.74) is 8.39. The van der Waals surface area contributed by atoms with Gasteiger partial charge in [0, 0.05) is 6.54 Å². The maximum absolute atomic E-state index is 5.70. The van der Waals surface area contributed by atoms with Crippen LogP contribution in [0.1, 0.15) is 30.9 Å². The van der Waals surface area contributed by atoms with E-state index in [1.807, 2.05) is 0 Å². The molecule has 100 valence electrons. The van der Waals surface area contributed by atoms with E-state index in [0.29, 0.717) is 5.92 Å². The maximum Gasteiger partial charge on any atom is 0.122 e. The molecule has 0 bridgehead atoms. The van der Waals surface area contributed by atoms with Crippen molar-refractivity contribution in [1.29, 1.82) is 0 Å². The van der Waals surface area contributed by atoms with Gasteiger partial charge in [-0.05, 0) is 49.0 Å². The topological polar surface area (TPSA) is 47.3 Å². The summed E-state index contributed by atoms with van der Waals surface area (Å²) < 4.78 is 5.62. The van der Waals surface area contributed by atoms with Crippen molar-refractivity contribution < 1.29 is 4.74 Å². The molecule has 0 saturated heterocycles. The number of hydrogen-bond donors (Lipinski definition) is 2. The minimum Gasteiger partial charge on any atom is -0.493 e. The predicted molar refractivity (Wildman–Crippen MR) is 74.8 cm³/mol. The first-order chi connectivity index (χ1) is 8.83. The van der Waals surface area contributed by atoms with Gasteiger partial charge >= 0.3 is 0 Å². The number of benzene rings is 1. The second-order valence-corrected chi connectivity index (χ2v) is 5.03. The Kier molecular flexibility index (Phi) is 5.02. The minimum absolute atomic E-state index is 0.589. The van der Waals surface area contributed by atoms with Gasteiger partial charge in [0.05, 0.1) is 6.61 Å². The van der Waals surface area contributed by atoms with Crippen molar-refractivity contribution in [3.63, 3.8) is 0 Å². The Bertz CT molecular complexity index is 375. The van der Waals surface area contributed by atoms with Gasteiger partial charge in [0.25, 0.3) is 0 Å². The fourth-order valence-corrected chi connectivity index (χ4v) is 2.34. The van der Waals surface area contributed by atoms with E-state index in [0.717, 1.165) is 51.3 Å². The normalized spacial score (nSPS) is 15.9. The standard InChI is InChI=1S/C15H24N2O/c1-2-12(9-16)10-17-11-13-5-6-15-14(8-13)4-3-7-18-15/h5-6,8,12,17H,2-4,7,9-11,16H2,1H3. The predicted octanol–water partition coefficient (Wildman–Crippen LogP) is 2.09. The fraction of sp³-hybridized carbons (Fsp3) is 0.600. The monoisotopic (exact) mass is 248 g/mol. The second kappa shape index (κ2) is 6.76. The molecule has 3 heteroatoms. The van der Waals surface area contributed by atoms with Gasteiger partial charge < -0.3 is 15.8 Å². The molecule has 1 unspecified atom stereocenters. The van der Waals surface area contributed by atoms with Crippen LogP contribution in [0.4, 0.5) is 0 Å². The highest BCUT2D eigenvalue weighted by atomic mass is 16.5. The van der Waals surface area contributed by atoms with E-state index in [9.17, 15) is 0 Å². The van der Waals surface area contributed by atoms with Crippen LogP contribution in [0.3, 0.4) is 0 Å². The molecule has 0 aromatic heterocycles. The molecule has 1 aromatic carbocycles.